The average molecular weight is 416 g/mol. The van der Waals surface area contributed by atoms with Gasteiger partial charge in [-0.15, -0.1) is 0 Å². The van der Waals surface area contributed by atoms with Crippen molar-refractivity contribution in [2.75, 3.05) is 24.3 Å². The Kier molecular flexibility index (Phi) is 6.44. The molecule has 0 fully saturated rings. The lowest BCUT2D eigenvalue weighted by molar-refractivity contribution is -0.128. The summed E-state index contributed by atoms with van der Waals surface area (Å²) >= 11 is 0. The molecule has 0 heterocycles. The molecule has 0 bridgehead atoms. The summed E-state index contributed by atoms with van der Waals surface area (Å²) in [6.07, 6.45) is 1.69. The molecule has 0 atom stereocenters. The molecular formula is C26H29N3O2. The molecule has 31 heavy (non-hydrogen) atoms. The van der Waals surface area contributed by atoms with E-state index in [-0.39, 0.29) is 17.5 Å². The molecule has 0 aliphatic heterocycles. The van der Waals surface area contributed by atoms with Crippen molar-refractivity contribution < 1.29 is 9.59 Å². The van der Waals surface area contributed by atoms with Crippen LogP contribution in [0, 0.1) is 5.41 Å². The lowest BCUT2D eigenvalue weighted by Gasteiger charge is -2.19. The highest BCUT2D eigenvalue weighted by atomic mass is 16.2. The second-order valence-electron chi connectivity index (χ2n) is 8.76. The third kappa shape index (κ3) is 5.72. The molecule has 5 heteroatoms. The van der Waals surface area contributed by atoms with Gasteiger partial charge in [0.25, 0.3) is 5.91 Å². The fourth-order valence-corrected chi connectivity index (χ4v) is 2.97. The van der Waals surface area contributed by atoms with E-state index in [1.54, 1.807) is 6.08 Å². The highest BCUT2D eigenvalue weighted by Crippen LogP contribution is 2.21. The van der Waals surface area contributed by atoms with Crippen molar-refractivity contribution in [1.82, 2.24) is 5.32 Å². The molecule has 0 aromatic heterocycles. The van der Waals surface area contributed by atoms with Gasteiger partial charge >= 0.3 is 0 Å². The van der Waals surface area contributed by atoms with Gasteiger partial charge in [0.15, 0.2) is 0 Å². The van der Waals surface area contributed by atoms with Gasteiger partial charge in [-0.2, -0.15) is 0 Å². The highest BCUT2D eigenvalue weighted by Gasteiger charge is 2.24. The van der Waals surface area contributed by atoms with E-state index in [1.807, 2.05) is 106 Å². The van der Waals surface area contributed by atoms with E-state index in [4.69, 9.17) is 0 Å². The second kappa shape index (κ2) is 9.04. The first-order valence-corrected chi connectivity index (χ1v) is 10.2. The van der Waals surface area contributed by atoms with Crippen LogP contribution in [0.1, 0.15) is 26.3 Å². The summed E-state index contributed by atoms with van der Waals surface area (Å²) in [5.74, 6) is -0.595. The summed E-state index contributed by atoms with van der Waals surface area (Å²) in [4.78, 5) is 27.7. The van der Waals surface area contributed by atoms with Crippen LogP contribution in [0.3, 0.4) is 0 Å². The number of benzene rings is 3. The third-order valence-electron chi connectivity index (χ3n) is 4.90. The summed E-state index contributed by atoms with van der Waals surface area (Å²) in [7, 11) is 3.94. The van der Waals surface area contributed by atoms with Gasteiger partial charge in [0, 0.05) is 30.9 Å². The Labute approximate surface area is 183 Å². The van der Waals surface area contributed by atoms with Crippen LogP contribution in [-0.2, 0) is 9.59 Å². The van der Waals surface area contributed by atoms with Gasteiger partial charge in [-0.05, 0) is 46.7 Å². The maximum Gasteiger partial charge on any atom is 0.272 e. The molecule has 5 nitrogen and oxygen atoms in total. The average Bonchev–Trinajstić information content (AvgIpc) is 2.72. The first-order valence-electron chi connectivity index (χ1n) is 10.2. The van der Waals surface area contributed by atoms with E-state index >= 15 is 0 Å². The molecule has 0 radical (unpaired) electrons. The van der Waals surface area contributed by atoms with Crippen LogP contribution < -0.4 is 15.5 Å². The zero-order chi connectivity index (χ0) is 22.6. The van der Waals surface area contributed by atoms with Crippen molar-refractivity contribution >= 4 is 40.0 Å². The number of hydrogen-bond acceptors (Lipinski definition) is 3. The first-order chi connectivity index (χ1) is 14.6. The van der Waals surface area contributed by atoms with Gasteiger partial charge < -0.3 is 15.5 Å². The van der Waals surface area contributed by atoms with Crippen LogP contribution in [0.4, 0.5) is 11.4 Å². The van der Waals surface area contributed by atoms with E-state index in [0.29, 0.717) is 5.69 Å². The largest absolute Gasteiger partial charge is 0.378 e. The molecule has 3 aromatic carbocycles. The van der Waals surface area contributed by atoms with Crippen LogP contribution in [0.25, 0.3) is 16.8 Å². The quantitative estimate of drug-likeness (QED) is 0.574. The smallest absolute Gasteiger partial charge is 0.272 e. The van der Waals surface area contributed by atoms with Crippen molar-refractivity contribution in [3.8, 4) is 0 Å². The van der Waals surface area contributed by atoms with Crippen LogP contribution in [0.2, 0.25) is 0 Å². The molecule has 2 N–H and O–H groups in total. The van der Waals surface area contributed by atoms with Gasteiger partial charge in [0.1, 0.15) is 5.70 Å². The van der Waals surface area contributed by atoms with Crippen LogP contribution in [0.5, 0.6) is 0 Å². The minimum atomic E-state index is -0.628. The molecule has 3 rings (SSSR count). The summed E-state index contributed by atoms with van der Waals surface area (Å²) in [5, 5.41) is 7.84. The molecule has 0 saturated carbocycles. The third-order valence-corrected chi connectivity index (χ3v) is 4.90. The Bertz CT molecular complexity index is 1120. The number of nitrogens with one attached hydrogen (secondary N) is 2. The van der Waals surface area contributed by atoms with Gasteiger partial charge in [-0.25, -0.2) is 0 Å². The molecule has 0 aliphatic carbocycles. The minimum Gasteiger partial charge on any atom is -0.378 e. The van der Waals surface area contributed by atoms with E-state index in [1.165, 1.54) is 0 Å². The van der Waals surface area contributed by atoms with E-state index in [2.05, 4.69) is 10.6 Å². The number of hydrogen-bond donors (Lipinski definition) is 2. The number of carbonyl (C=O) groups is 2. The lowest BCUT2D eigenvalue weighted by Crippen LogP contribution is -2.38. The normalized spacial score (nSPS) is 11.8. The van der Waals surface area contributed by atoms with Crippen molar-refractivity contribution in [2.45, 2.75) is 20.8 Å². The van der Waals surface area contributed by atoms with Crippen LogP contribution in [0.15, 0.2) is 72.4 Å². The van der Waals surface area contributed by atoms with E-state index in [9.17, 15) is 9.59 Å². The van der Waals surface area contributed by atoms with E-state index < -0.39 is 5.41 Å². The highest BCUT2D eigenvalue weighted by molar-refractivity contribution is 6.09. The molecule has 0 spiro atoms. The predicted octanol–water partition coefficient (Wildman–Crippen LogP) is 5.05. The Morgan fingerprint density at radius 1 is 0.871 bits per heavy atom. The standard InChI is InChI=1S/C26H29N3O2/c1-26(2,3)25(31)28-23(16-18-10-14-22(15-11-18)29(4)5)24(30)27-21-13-12-19-8-6-7-9-20(19)17-21/h6-17H,1-5H3,(H,27,30)(H,28,31)/b23-16+. The molecule has 2 amide bonds. The zero-order valence-electron chi connectivity index (χ0n) is 18.7. The molecule has 0 saturated heterocycles. The first kappa shape index (κ1) is 22.1. The maximum absolute atomic E-state index is 13.1. The van der Waals surface area contributed by atoms with Gasteiger partial charge in [-0.3, -0.25) is 9.59 Å². The Balaban J connectivity index is 1.89. The van der Waals surface area contributed by atoms with Gasteiger partial charge in [0.05, 0.1) is 0 Å². The van der Waals surface area contributed by atoms with Crippen molar-refractivity contribution in [2.24, 2.45) is 5.41 Å². The number of fused-ring (bicyclic) bond motifs is 1. The number of carbonyl (C=O) groups excluding carboxylic acids is 2. The van der Waals surface area contributed by atoms with Crippen LogP contribution in [-0.4, -0.2) is 25.9 Å². The molecule has 160 valence electrons. The molecule has 0 unspecified atom stereocenters. The lowest BCUT2D eigenvalue weighted by atomic mass is 9.95. The SMILES string of the molecule is CN(C)c1ccc(/C=C(/NC(=O)C(C)(C)C)C(=O)Nc2ccc3ccccc3c2)cc1. The van der Waals surface area contributed by atoms with Gasteiger partial charge in [0.2, 0.25) is 5.91 Å². The van der Waals surface area contributed by atoms with Crippen molar-refractivity contribution in [1.29, 1.82) is 0 Å². The Morgan fingerprint density at radius 3 is 2.13 bits per heavy atom. The minimum absolute atomic E-state index is 0.200. The summed E-state index contributed by atoms with van der Waals surface area (Å²) in [6.45, 7) is 5.44. The predicted molar refractivity (Wildman–Crippen MR) is 129 cm³/mol. The summed E-state index contributed by atoms with van der Waals surface area (Å²) < 4.78 is 0. The number of rotatable bonds is 5. The number of nitrogens with zero attached hydrogens (tertiary/aromatic N) is 1. The number of anilines is 2. The number of amides is 2. The fourth-order valence-electron chi connectivity index (χ4n) is 2.97. The van der Waals surface area contributed by atoms with Gasteiger partial charge in [-0.1, -0.05) is 63.2 Å². The zero-order valence-corrected chi connectivity index (χ0v) is 18.7. The van der Waals surface area contributed by atoms with Crippen molar-refractivity contribution in [3.05, 3.63) is 78.0 Å². The molecule has 0 aliphatic rings. The summed E-state index contributed by atoms with van der Waals surface area (Å²) in [5.41, 5.74) is 2.12. The molecule has 3 aromatic rings. The topological polar surface area (TPSA) is 61.4 Å². The Morgan fingerprint density at radius 2 is 1.52 bits per heavy atom. The fraction of sp³-hybridized carbons (Fsp3) is 0.231. The summed E-state index contributed by atoms with van der Waals surface area (Å²) in [6, 6.07) is 21.5. The maximum atomic E-state index is 13.1. The monoisotopic (exact) mass is 415 g/mol. The van der Waals surface area contributed by atoms with Crippen molar-refractivity contribution in [3.63, 3.8) is 0 Å². The van der Waals surface area contributed by atoms with E-state index in [0.717, 1.165) is 22.0 Å². The second-order valence-corrected chi connectivity index (χ2v) is 8.76. The molecular weight excluding hydrogens is 386 g/mol. The van der Waals surface area contributed by atoms with Crippen LogP contribution >= 0.6 is 0 Å². The Hall–Kier alpha value is -3.60.